The lowest BCUT2D eigenvalue weighted by atomic mass is 9.99. The van der Waals surface area contributed by atoms with Gasteiger partial charge in [0, 0.05) is 41.4 Å². The number of nitrogens with one attached hydrogen (secondary N) is 1. The first-order valence-corrected chi connectivity index (χ1v) is 16.2. The summed E-state index contributed by atoms with van der Waals surface area (Å²) in [7, 11) is 0. The van der Waals surface area contributed by atoms with E-state index in [4.69, 9.17) is 9.47 Å². The second kappa shape index (κ2) is 27.8. The molecule has 2 rings (SSSR count). The highest BCUT2D eigenvalue weighted by Gasteiger charge is 2.44. The van der Waals surface area contributed by atoms with Crippen LogP contribution in [0.25, 0.3) is 0 Å². The molecule has 1 aliphatic rings. The number of hydrogen-bond acceptors (Lipinski definition) is 7. The number of aryl methyl sites for hydroxylation is 1. The van der Waals surface area contributed by atoms with Gasteiger partial charge in [0.2, 0.25) is 0 Å². The van der Waals surface area contributed by atoms with Gasteiger partial charge in [-0.2, -0.15) is 0 Å². The molecular formula is C45H32FNO7. The quantitative estimate of drug-likeness (QED) is 0.162. The van der Waals surface area contributed by atoms with Gasteiger partial charge in [0.05, 0.1) is 19.3 Å². The number of benzene rings is 1. The topological polar surface area (TPSA) is 128 Å². The second-order valence-electron chi connectivity index (χ2n) is 10.5. The van der Waals surface area contributed by atoms with Crippen molar-refractivity contribution >= 4 is 5.91 Å². The highest BCUT2D eigenvalue weighted by atomic mass is 19.1. The van der Waals surface area contributed by atoms with Crippen LogP contribution < -0.4 is 5.32 Å². The summed E-state index contributed by atoms with van der Waals surface area (Å²) in [5.74, 6) is 58.2. The number of carbonyl (C=O) groups is 1. The van der Waals surface area contributed by atoms with Crippen LogP contribution in [0.3, 0.4) is 0 Å². The minimum absolute atomic E-state index is 0.0840. The van der Waals surface area contributed by atoms with Crippen molar-refractivity contribution in [3.05, 3.63) is 35.9 Å². The molecular weight excluding hydrogens is 685 g/mol. The van der Waals surface area contributed by atoms with Crippen LogP contribution in [0.15, 0.2) is 30.3 Å². The molecule has 1 heterocycles. The van der Waals surface area contributed by atoms with E-state index in [1.54, 1.807) is 6.92 Å². The van der Waals surface area contributed by atoms with E-state index >= 15 is 4.39 Å². The van der Waals surface area contributed by atoms with Crippen molar-refractivity contribution < 1.29 is 39.1 Å². The van der Waals surface area contributed by atoms with E-state index < -0.39 is 62.0 Å². The molecule has 5 N–H and O–H groups in total. The monoisotopic (exact) mass is 717 g/mol. The van der Waals surface area contributed by atoms with E-state index in [-0.39, 0.29) is 6.42 Å². The molecule has 2 unspecified atom stereocenters. The second-order valence-corrected chi connectivity index (χ2v) is 10.5. The van der Waals surface area contributed by atoms with Crippen molar-refractivity contribution in [2.45, 2.75) is 75.5 Å². The molecule has 0 radical (unpaired) electrons. The van der Waals surface area contributed by atoms with Gasteiger partial charge in [0.15, 0.2) is 6.29 Å². The zero-order valence-electron chi connectivity index (χ0n) is 29.1. The van der Waals surface area contributed by atoms with E-state index in [2.05, 4.69) is 147 Å². The molecule has 1 fully saturated rings. The smallest absolute Gasteiger partial charge is 0.297 e. The van der Waals surface area contributed by atoms with Crippen LogP contribution >= 0.6 is 0 Å². The van der Waals surface area contributed by atoms with Crippen LogP contribution in [0.4, 0.5) is 4.39 Å². The molecule has 9 heteroatoms. The maximum atomic E-state index is 15.4. The lowest BCUT2D eigenvalue weighted by Gasteiger charge is -2.40. The van der Waals surface area contributed by atoms with Gasteiger partial charge in [-0.25, -0.2) is 4.39 Å². The molecule has 1 amide bonds. The van der Waals surface area contributed by atoms with Crippen LogP contribution in [-0.2, 0) is 20.7 Å². The minimum Gasteiger partial charge on any atom is -0.394 e. The predicted octanol–water partition coefficient (Wildman–Crippen LogP) is 0.0995. The third kappa shape index (κ3) is 18.9. The Balaban J connectivity index is 1.92. The first-order valence-electron chi connectivity index (χ1n) is 16.2. The normalized spacial score (nSPS) is 17.7. The Hall–Kier alpha value is -6.90. The number of ether oxygens (including phenoxy) is 2. The molecule has 54 heavy (non-hydrogen) atoms. The third-order valence-corrected chi connectivity index (χ3v) is 6.69. The summed E-state index contributed by atoms with van der Waals surface area (Å²) in [4.78, 5) is 12.5. The molecule has 1 aromatic rings. The van der Waals surface area contributed by atoms with Crippen molar-refractivity contribution in [1.29, 1.82) is 0 Å². The first kappa shape index (κ1) is 43.3. The fourth-order valence-corrected chi connectivity index (χ4v) is 4.13. The molecule has 0 aliphatic carbocycles. The minimum atomic E-state index is -1.69. The van der Waals surface area contributed by atoms with Crippen molar-refractivity contribution in [3.8, 4) is 142 Å². The summed E-state index contributed by atoms with van der Waals surface area (Å²) in [6.07, 6.45) is -7.19. The number of alkyl halides is 1. The number of amides is 1. The van der Waals surface area contributed by atoms with Gasteiger partial charge in [-0.15, -0.1) is 0 Å². The lowest BCUT2D eigenvalue weighted by Crippen LogP contribution is -2.59. The molecule has 0 bridgehead atoms. The molecule has 1 aromatic carbocycles. The number of hydrogen-bond donors (Lipinski definition) is 5. The number of aliphatic hydroxyl groups excluding tert-OH is 4. The van der Waals surface area contributed by atoms with E-state index in [9.17, 15) is 25.2 Å². The number of carbonyl (C=O) groups excluding carboxylic acids is 1. The summed E-state index contributed by atoms with van der Waals surface area (Å²) in [6, 6.07) is 8.51. The third-order valence-electron chi connectivity index (χ3n) is 6.69. The molecule has 8 nitrogen and oxygen atoms in total. The molecule has 0 spiro atoms. The maximum absolute atomic E-state index is 15.4. The Labute approximate surface area is 316 Å². The van der Waals surface area contributed by atoms with E-state index in [1.807, 2.05) is 30.3 Å². The molecule has 0 aromatic heterocycles. The van der Waals surface area contributed by atoms with Gasteiger partial charge in [-0.05, 0) is 126 Å². The maximum Gasteiger partial charge on any atom is 0.297 e. The number of rotatable bonds is 11. The van der Waals surface area contributed by atoms with Gasteiger partial charge in [0.25, 0.3) is 5.91 Å². The van der Waals surface area contributed by atoms with Crippen molar-refractivity contribution in [2.24, 2.45) is 0 Å². The van der Waals surface area contributed by atoms with Crippen molar-refractivity contribution in [3.63, 3.8) is 0 Å². The molecule has 1 aliphatic heterocycles. The number of halogens is 1. The fraction of sp³-hybridized carbons (Fsp3) is 0.311. The fourth-order valence-electron chi connectivity index (χ4n) is 4.13. The predicted molar refractivity (Wildman–Crippen MR) is 200 cm³/mol. The van der Waals surface area contributed by atoms with Crippen LogP contribution in [0, 0.1) is 142 Å². The van der Waals surface area contributed by atoms with Crippen LogP contribution in [-0.4, -0.2) is 82.5 Å². The summed E-state index contributed by atoms with van der Waals surface area (Å²) in [5, 5.41) is 42.2. The highest BCUT2D eigenvalue weighted by molar-refractivity contribution is 5.94. The Morgan fingerprint density at radius 2 is 1.20 bits per heavy atom. The largest absolute Gasteiger partial charge is 0.394 e. The summed E-state index contributed by atoms with van der Waals surface area (Å²) < 4.78 is 26.2. The Morgan fingerprint density at radius 1 is 0.722 bits per heavy atom. The zero-order valence-corrected chi connectivity index (χ0v) is 29.1. The zero-order chi connectivity index (χ0) is 39.1. The van der Waals surface area contributed by atoms with E-state index in [0.29, 0.717) is 12.8 Å². The van der Waals surface area contributed by atoms with Crippen LogP contribution in [0.1, 0.15) is 31.7 Å². The lowest BCUT2D eigenvalue weighted by molar-refractivity contribution is -0.302. The Bertz CT molecular complexity index is 2230. The van der Waals surface area contributed by atoms with Gasteiger partial charge >= 0.3 is 0 Å². The average Bonchev–Trinajstić information content (AvgIpc) is 3.18. The first-order chi connectivity index (χ1) is 26.4. The van der Waals surface area contributed by atoms with Crippen LogP contribution in [0.2, 0.25) is 0 Å². The van der Waals surface area contributed by atoms with Gasteiger partial charge in [-0.1, -0.05) is 42.7 Å². The summed E-state index contributed by atoms with van der Waals surface area (Å²) in [6.45, 7) is 0.544. The van der Waals surface area contributed by atoms with Gasteiger partial charge in [0.1, 0.15) is 30.6 Å². The standard InChI is InChI=1S/C45H32FNO7/c1-2-3-4-5-6-7-8-9-10-11-12-13-14-15-16-17-18-19-20-21-22-23-27-34-41(49)47-39(38(46)33-29-28-32-37-30-25-24-26-31-37)36-53-45-44(52)43(51)42(50)40(35-48)54-45/h24-26,30-31,38-40,42-45,48,50-52H,28-29,32-33,35-36H2,1H3,(H,47,49)/t38-,39+,40?,42+,43+,44?,45-/m1/s1. The summed E-state index contributed by atoms with van der Waals surface area (Å²) >= 11 is 0. The van der Waals surface area contributed by atoms with Crippen molar-refractivity contribution in [1.82, 2.24) is 5.32 Å². The van der Waals surface area contributed by atoms with Crippen molar-refractivity contribution in [2.75, 3.05) is 13.2 Å². The molecule has 1 saturated heterocycles. The number of unbranched alkanes of at least 4 members (excludes halogenated alkanes) is 1. The van der Waals surface area contributed by atoms with E-state index in [0.717, 1.165) is 12.0 Å². The highest BCUT2D eigenvalue weighted by Crippen LogP contribution is 2.23. The van der Waals surface area contributed by atoms with Gasteiger partial charge in [-0.3, -0.25) is 4.79 Å². The molecule has 7 atom stereocenters. The number of aliphatic hydroxyl groups is 4. The Kier molecular flexibility index (Phi) is 22.3. The molecule has 266 valence electrons. The van der Waals surface area contributed by atoms with E-state index in [1.165, 1.54) is 0 Å². The van der Waals surface area contributed by atoms with Gasteiger partial charge < -0.3 is 35.2 Å². The SMILES string of the molecule is CC#CC#CC#CC#CC#CC#CC#CC#CC#CC#CC#CC#CC(=O)N[C@@H](CO[C@@H]1OC(CO)[C@H](O)[C@H](O)C1O)[C@H](F)CCCCc1ccccc1. The summed E-state index contributed by atoms with van der Waals surface area (Å²) in [5.41, 5.74) is 1.12. The van der Waals surface area contributed by atoms with Crippen LogP contribution in [0.5, 0.6) is 0 Å². The molecule has 0 saturated carbocycles. The average molecular weight is 718 g/mol. The Morgan fingerprint density at radius 3 is 1.69 bits per heavy atom.